The molecular formula is C19H27N5O. The summed E-state index contributed by atoms with van der Waals surface area (Å²) in [6.45, 7) is 3.16. The lowest BCUT2D eigenvalue weighted by molar-refractivity contribution is 0.186. The number of urea groups is 1. The van der Waals surface area contributed by atoms with Crippen LogP contribution in [0.3, 0.4) is 0 Å². The highest BCUT2D eigenvalue weighted by Crippen LogP contribution is 2.22. The van der Waals surface area contributed by atoms with Crippen LogP contribution in [0.1, 0.15) is 32.1 Å². The van der Waals surface area contributed by atoms with Crippen molar-refractivity contribution in [3.63, 3.8) is 0 Å². The van der Waals surface area contributed by atoms with Crippen LogP contribution < -0.4 is 10.2 Å². The molecule has 1 saturated carbocycles. The zero-order valence-corrected chi connectivity index (χ0v) is 14.9. The molecule has 2 heterocycles. The van der Waals surface area contributed by atoms with Gasteiger partial charge in [-0.25, -0.2) is 9.78 Å². The number of hydrogen-bond donors (Lipinski definition) is 1. The van der Waals surface area contributed by atoms with Gasteiger partial charge in [-0.3, -0.25) is 0 Å². The molecule has 2 amide bonds. The molecule has 0 radical (unpaired) electrons. The number of para-hydroxylation sites is 2. The molecule has 6 nitrogen and oxygen atoms in total. The van der Waals surface area contributed by atoms with E-state index in [1.54, 1.807) is 0 Å². The average Bonchev–Trinajstić information content (AvgIpc) is 3.00. The predicted octanol–water partition coefficient (Wildman–Crippen LogP) is 2.74. The average molecular weight is 341 g/mol. The lowest BCUT2D eigenvalue weighted by atomic mass is 9.96. The summed E-state index contributed by atoms with van der Waals surface area (Å²) in [6, 6.07) is 8.69. The second-order valence-corrected chi connectivity index (χ2v) is 7.22. The standard InChI is InChI=1S/C19H27N5O/c1-22-17-10-6-5-9-16(17)21-18(22)23-11-13-24(14-12-23)19(25)20-15-7-3-2-4-8-15/h5-6,9-10,15H,2-4,7-8,11-14H2,1H3,(H,20,25). The van der Waals surface area contributed by atoms with E-state index in [4.69, 9.17) is 4.98 Å². The highest BCUT2D eigenvalue weighted by molar-refractivity contribution is 5.79. The second-order valence-electron chi connectivity index (χ2n) is 7.22. The summed E-state index contributed by atoms with van der Waals surface area (Å²) < 4.78 is 2.15. The second kappa shape index (κ2) is 6.94. The van der Waals surface area contributed by atoms with Crippen molar-refractivity contribution in [2.24, 2.45) is 7.05 Å². The Balaban J connectivity index is 1.37. The molecule has 1 N–H and O–H groups in total. The number of piperazine rings is 1. The minimum atomic E-state index is 0.108. The number of benzene rings is 1. The molecule has 4 rings (SSSR count). The van der Waals surface area contributed by atoms with Gasteiger partial charge in [-0.05, 0) is 25.0 Å². The summed E-state index contributed by atoms with van der Waals surface area (Å²) in [4.78, 5) is 21.5. The number of carbonyl (C=O) groups is 1. The third kappa shape index (κ3) is 3.30. The number of amides is 2. The number of carbonyl (C=O) groups excluding carboxylic acids is 1. The number of nitrogens with zero attached hydrogens (tertiary/aromatic N) is 4. The Labute approximate surface area is 148 Å². The molecular weight excluding hydrogens is 314 g/mol. The molecule has 1 aliphatic carbocycles. The maximum Gasteiger partial charge on any atom is 0.317 e. The molecule has 0 unspecified atom stereocenters. The Hall–Kier alpha value is -2.24. The number of aryl methyl sites for hydroxylation is 1. The van der Waals surface area contributed by atoms with Crippen molar-refractivity contribution in [1.82, 2.24) is 19.8 Å². The number of fused-ring (bicyclic) bond motifs is 1. The first-order valence-corrected chi connectivity index (χ1v) is 9.44. The lowest BCUT2D eigenvalue weighted by Crippen LogP contribution is -2.54. The van der Waals surface area contributed by atoms with Gasteiger partial charge in [-0.2, -0.15) is 0 Å². The van der Waals surface area contributed by atoms with E-state index >= 15 is 0 Å². The number of rotatable bonds is 2. The van der Waals surface area contributed by atoms with E-state index in [9.17, 15) is 4.79 Å². The summed E-state index contributed by atoms with van der Waals surface area (Å²) in [5, 5.41) is 3.22. The third-order valence-corrected chi connectivity index (χ3v) is 5.55. The van der Waals surface area contributed by atoms with E-state index in [1.165, 1.54) is 19.3 Å². The predicted molar refractivity (Wildman–Crippen MR) is 99.9 cm³/mol. The van der Waals surface area contributed by atoms with Gasteiger partial charge in [0.25, 0.3) is 0 Å². The van der Waals surface area contributed by atoms with Crippen molar-refractivity contribution in [1.29, 1.82) is 0 Å². The molecule has 1 aliphatic heterocycles. The molecule has 134 valence electrons. The van der Waals surface area contributed by atoms with Crippen molar-refractivity contribution in [2.45, 2.75) is 38.1 Å². The van der Waals surface area contributed by atoms with E-state index in [0.29, 0.717) is 6.04 Å². The van der Waals surface area contributed by atoms with Crippen molar-refractivity contribution in [2.75, 3.05) is 31.1 Å². The molecule has 0 spiro atoms. The maximum absolute atomic E-state index is 12.5. The fraction of sp³-hybridized carbons (Fsp3) is 0.579. The topological polar surface area (TPSA) is 53.4 Å². The Bertz CT molecular complexity index is 741. The van der Waals surface area contributed by atoms with Crippen LogP contribution in [-0.4, -0.2) is 52.7 Å². The van der Waals surface area contributed by atoms with Crippen molar-refractivity contribution < 1.29 is 4.79 Å². The largest absolute Gasteiger partial charge is 0.339 e. The van der Waals surface area contributed by atoms with Crippen LogP contribution in [0.4, 0.5) is 10.7 Å². The first kappa shape index (κ1) is 16.2. The Kier molecular flexibility index (Phi) is 4.51. The van der Waals surface area contributed by atoms with Crippen LogP contribution >= 0.6 is 0 Å². The number of nitrogens with one attached hydrogen (secondary N) is 1. The van der Waals surface area contributed by atoms with Crippen LogP contribution in [0.15, 0.2) is 24.3 Å². The number of anilines is 1. The smallest absolute Gasteiger partial charge is 0.317 e. The molecule has 1 aromatic heterocycles. The van der Waals surface area contributed by atoms with Crippen molar-refractivity contribution in [3.8, 4) is 0 Å². The van der Waals surface area contributed by atoms with Crippen molar-refractivity contribution in [3.05, 3.63) is 24.3 Å². The minimum absolute atomic E-state index is 0.108. The summed E-state index contributed by atoms with van der Waals surface area (Å²) in [6.07, 6.45) is 6.05. The highest BCUT2D eigenvalue weighted by Gasteiger charge is 2.25. The number of aromatic nitrogens is 2. The van der Waals surface area contributed by atoms with Gasteiger partial charge < -0.3 is 19.7 Å². The molecule has 2 aliphatic rings. The molecule has 2 fully saturated rings. The van der Waals surface area contributed by atoms with Gasteiger partial charge in [0.2, 0.25) is 5.95 Å². The maximum atomic E-state index is 12.5. The monoisotopic (exact) mass is 341 g/mol. The molecule has 2 aromatic rings. The number of hydrogen-bond acceptors (Lipinski definition) is 3. The molecule has 0 atom stereocenters. The Morgan fingerprint density at radius 2 is 1.80 bits per heavy atom. The van der Waals surface area contributed by atoms with Crippen LogP contribution in [0.25, 0.3) is 11.0 Å². The zero-order chi connectivity index (χ0) is 17.2. The van der Waals surface area contributed by atoms with Gasteiger partial charge in [0.05, 0.1) is 11.0 Å². The van der Waals surface area contributed by atoms with Gasteiger partial charge in [0, 0.05) is 39.3 Å². The summed E-state index contributed by atoms with van der Waals surface area (Å²) in [7, 11) is 2.06. The quantitative estimate of drug-likeness (QED) is 0.914. The van der Waals surface area contributed by atoms with Gasteiger partial charge in [-0.1, -0.05) is 31.4 Å². The van der Waals surface area contributed by atoms with Crippen LogP contribution in [0.2, 0.25) is 0 Å². The minimum Gasteiger partial charge on any atom is -0.339 e. The molecule has 6 heteroatoms. The van der Waals surface area contributed by atoms with E-state index in [0.717, 1.165) is 56.0 Å². The van der Waals surface area contributed by atoms with E-state index in [2.05, 4.69) is 27.9 Å². The van der Waals surface area contributed by atoms with Gasteiger partial charge in [-0.15, -0.1) is 0 Å². The lowest BCUT2D eigenvalue weighted by Gasteiger charge is -2.36. The molecule has 0 bridgehead atoms. The summed E-state index contributed by atoms with van der Waals surface area (Å²) >= 11 is 0. The first-order chi connectivity index (χ1) is 12.2. The summed E-state index contributed by atoms with van der Waals surface area (Å²) in [5.41, 5.74) is 2.17. The Morgan fingerprint density at radius 3 is 2.52 bits per heavy atom. The van der Waals surface area contributed by atoms with Crippen LogP contribution in [0, 0.1) is 0 Å². The fourth-order valence-corrected chi connectivity index (χ4v) is 4.04. The van der Waals surface area contributed by atoms with E-state index in [1.807, 2.05) is 23.1 Å². The van der Waals surface area contributed by atoms with Crippen molar-refractivity contribution >= 4 is 23.0 Å². The third-order valence-electron chi connectivity index (χ3n) is 5.55. The van der Waals surface area contributed by atoms with E-state index < -0.39 is 0 Å². The molecule has 1 saturated heterocycles. The molecule has 1 aromatic carbocycles. The first-order valence-electron chi connectivity index (χ1n) is 9.44. The summed E-state index contributed by atoms with van der Waals surface area (Å²) in [5.74, 6) is 0.994. The Morgan fingerprint density at radius 1 is 1.08 bits per heavy atom. The fourth-order valence-electron chi connectivity index (χ4n) is 4.04. The normalized spacial score (nSPS) is 19.4. The van der Waals surface area contributed by atoms with Crippen LogP contribution in [0.5, 0.6) is 0 Å². The van der Waals surface area contributed by atoms with Gasteiger partial charge >= 0.3 is 6.03 Å². The highest BCUT2D eigenvalue weighted by atomic mass is 16.2. The number of imidazole rings is 1. The van der Waals surface area contributed by atoms with Crippen LogP contribution in [-0.2, 0) is 7.05 Å². The van der Waals surface area contributed by atoms with Gasteiger partial charge in [0.15, 0.2) is 0 Å². The molecule has 25 heavy (non-hydrogen) atoms. The van der Waals surface area contributed by atoms with Gasteiger partial charge in [0.1, 0.15) is 0 Å². The van der Waals surface area contributed by atoms with E-state index in [-0.39, 0.29) is 6.03 Å². The SMILES string of the molecule is Cn1c(N2CCN(C(=O)NC3CCCCC3)CC2)nc2ccccc21. The zero-order valence-electron chi connectivity index (χ0n) is 14.9.